The molecule has 0 spiro atoms. The molecule has 18 heteroatoms. The van der Waals surface area contributed by atoms with Crippen LogP contribution in [0.3, 0.4) is 0 Å². The number of pyridine rings is 2. The minimum atomic E-state index is -0.649. The lowest BCUT2D eigenvalue weighted by Gasteiger charge is -2.14. The summed E-state index contributed by atoms with van der Waals surface area (Å²) in [6.45, 7) is 0.253. The highest BCUT2D eigenvalue weighted by Gasteiger charge is 2.21. The maximum absolute atomic E-state index is 14.2. The van der Waals surface area contributed by atoms with Crippen LogP contribution >= 0.6 is 34.5 Å². The van der Waals surface area contributed by atoms with Crippen molar-refractivity contribution >= 4 is 77.9 Å². The van der Waals surface area contributed by atoms with E-state index in [1.807, 2.05) is 53.9 Å². The van der Waals surface area contributed by atoms with Crippen molar-refractivity contribution in [2.24, 2.45) is 0 Å². The van der Waals surface area contributed by atoms with E-state index in [0.717, 1.165) is 20.2 Å². The van der Waals surface area contributed by atoms with Gasteiger partial charge in [0.05, 0.1) is 78.9 Å². The second kappa shape index (κ2) is 18.7. The van der Waals surface area contributed by atoms with Crippen molar-refractivity contribution in [1.82, 2.24) is 39.0 Å². The number of benzene rings is 6. The molecule has 0 unspecified atom stereocenters. The molecule has 73 heavy (non-hydrogen) atoms. The molecule has 2 N–H and O–H groups in total. The van der Waals surface area contributed by atoms with E-state index in [4.69, 9.17) is 47.1 Å². The van der Waals surface area contributed by atoms with E-state index in [1.165, 1.54) is 30.0 Å². The lowest BCUT2D eigenvalue weighted by atomic mass is 10.0. The van der Waals surface area contributed by atoms with Gasteiger partial charge in [0.1, 0.15) is 36.7 Å². The van der Waals surface area contributed by atoms with Gasteiger partial charge in [0.2, 0.25) is 0 Å². The first-order chi connectivity index (χ1) is 35.7. The normalized spacial score (nSPS) is 11.5. The summed E-state index contributed by atoms with van der Waals surface area (Å²) < 4.78 is 20.5. The zero-order valence-electron chi connectivity index (χ0n) is 37.8. The largest absolute Gasteiger partial charge is 0.487 e. The molecule has 0 bridgehead atoms. The summed E-state index contributed by atoms with van der Waals surface area (Å²) >= 11 is 15.0. The van der Waals surface area contributed by atoms with Gasteiger partial charge in [-0.3, -0.25) is 19.6 Å². The fourth-order valence-electron chi connectivity index (χ4n) is 9.08. The standard InChI is InChI=1S/C55H34Cl2N8O7S/c56-40-11-5-13-47(50(40)30-15-17-38-43(19-30)62-54(68)64(52(38)66)45-23-58-22-32-7-1-2-8-35(32)45)70-25-33-26-72-49(61-33)21-42-36-9-3-4-10-37(36)46(24-59-42)65-53(67)39-18-16-31(20-44(39)63-55(65)69)51-41(57)12-6-14-48(51)71-27-34-28-73-29-60-34/h1-20,22-24,26,28-29H,21,25,27H2,(H,62,68)(H,63,69). The molecular formula is C55H34Cl2N8O7S. The zero-order chi connectivity index (χ0) is 49.7. The maximum atomic E-state index is 14.2. The molecule has 0 radical (unpaired) electrons. The molecule has 0 amide bonds. The smallest absolute Gasteiger partial charge is 0.333 e. The molecule has 12 rings (SSSR count). The molecule has 15 nitrogen and oxygen atoms in total. The number of halogens is 2. The average Bonchev–Trinajstić information content (AvgIpc) is 4.10. The van der Waals surface area contributed by atoms with Crippen LogP contribution < -0.4 is 32.0 Å². The summed E-state index contributed by atoms with van der Waals surface area (Å²) in [5.74, 6) is 1.31. The molecule has 356 valence electrons. The number of rotatable bonds is 12. The van der Waals surface area contributed by atoms with E-state index in [9.17, 15) is 19.2 Å². The van der Waals surface area contributed by atoms with Crippen LogP contribution in [0.25, 0.3) is 77.0 Å². The first kappa shape index (κ1) is 45.2. The average molecular weight is 1020 g/mol. The van der Waals surface area contributed by atoms with Crippen LogP contribution in [-0.4, -0.2) is 39.0 Å². The van der Waals surface area contributed by atoms with Crippen LogP contribution in [-0.2, 0) is 19.6 Å². The Kier molecular flexibility index (Phi) is 11.6. The Hall–Kier alpha value is -8.96. The van der Waals surface area contributed by atoms with Gasteiger partial charge in [-0.2, -0.15) is 0 Å². The number of aromatic nitrogens is 8. The summed E-state index contributed by atoms with van der Waals surface area (Å²) in [5, 5.41) is 6.11. The van der Waals surface area contributed by atoms with Gasteiger partial charge < -0.3 is 23.9 Å². The first-order valence-corrected chi connectivity index (χ1v) is 24.3. The number of oxazole rings is 1. The summed E-state index contributed by atoms with van der Waals surface area (Å²) in [6, 6.07) is 35.6. The van der Waals surface area contributed by atoms with E-state index in [0.29, 0.717) is 105 Å². The summed E-state index contributed by atoms with van der Waals surface area (Å²) in [6.07, 6.45) is 6.35. The summed E-state index contributed by atoms with van der Waals surface area (Å²) in [5.41, 5.74) is 5.05. The Morgan fingerprint density at radius 1 is 0.589 bits per heavy atom. The van der Waals surface area contributed by atoms with Crippen LogP contribution in [0.1, 0.15) is 23.0 Å². The summed E-state index contributed by atoms with van der Waals surface area (Å²) in [7, 11) is 0. The molecule has 6 aromatic carbocycles. The number of aromatic amines is 2. The fraction of sp³-hybridized carbons (Fsp3) is 0.0545. The minimum absolute atomic E-state index is 0.00784. The van der Waals surface area contributed by atoms with Crippen molar-refractivity contribution in [2.75, 3.05) is 0 Å². The second-order valence-electron chi connectivity index (χ2n) is 16.9. The predicted octanol–water partition coefficient (Wildman–Crippen LogP) is 10.6. The Morgan fingerprint density at radius 2 is 1.18 bits per heavy atom. The van der Waals surface area contributed by atoms with Gasteiger partial charge in [0.15, 0.2) is 5.89 Å². The SMILES string of the molecule is O=c1[nH]c2cc(-c3c(Cl)cccc3OCc3coc(Cc4ncc(-n5c(=O)[nH]c6cc(-c7c(Cl)cccc7OCc7cscn7)ccc6c5=O)c5ccccc45)n3)ccc2c(=O)n1-c1cncc2ccccc12. The second-order valence-corrected chi connectivity index (χ2v) is 18.4. The maximum Gasteiger partial charge on any atom is 0.333 e. The number of thiazole rings is 1. The third-order valence-electron chi connectivity index (χ3n) is 12.5. The van der Waals surface area contributed by atoms with Gasteiger partial charge in [0.25, 0.3) is 11.1 Å². The number of fused-ring (bicyclic) bond motifs is 4. The number of nitrogens with one attached hydrogen (secondary N) is 2. The molecule has 0 atom stereocenters. The van der Waals surface area contributed by atoms with Crippen molar-refractivity contribution in [1.29, 1.82) is 0 Å². The van der Waals surface area contributed by atoms with Crippen molar-refractivity contribution in [3.63, 3.8) is 0 Å². The van der Waals surface area contributed by atoms with Gasteiger partial charge in [-0.15, -0.1) is 11.3 Å². The fourth-order valence-corrected chi connectivity index (χ4v) is 10.2. The molecule has 0 aliphatic carbocycles. The third kappa shape index (κ3) is 8.32. The molecule has 12 aromatic rings. The number of ether oxygens (including phenoxy) is 2. The van der Waals surface area contributed by atoms with Crippen molar-refractivity contribution in [3.05, 3.63) is 232 Å². The monoisotopic (exact) mass is 1020 g/mol. The highest BCUT2D eigenvalue weighted by atomic mass is 35.5. The lowest BCUT2D eigenvalue weighted by Crippen LogP contribution is -2.33. The highest BCUT2D eigenvalue weighted by molar-refractivity contribution is 7.07. The number of hydrogen-bond acceptors (Lipinski definition) is 12. The van der Waals surface area contributed by atoms with Gasteiger partial charge in [-0.25, -0.2) is 28.7 Å². The summed E-state index contributed by atoms with van der Waals surface area (Å²) in [4.78, 5) is 79.3. The van der Waals surface area contributed by atoms with Gasteiger partial charge in [0, 0.05) is 44.2 Å². The Bertz CT molecular complexity index is 4410. The number of nitrogens with zero attached hydrogens (tertiary/aromatic N) is 6. The van der Waals surface area contributed by atoms with Crippen LogP contribution in [0.15, 0.2) is 181 Å². The van der Waals surface area contributed by atoms with Gasteiger partial charge in [-0.1, -0.05) is 96.0 Å². The minimum Gasteiger partial charge on any atom is -0.487 e. The van der Waals surface area contributed by atoms with Crippen molar-refractivity contribution in [3.8, 4) is 45.1 Å². The molecule has 0 saturated carbocycles. The Labute approximate surface area is 425 Å². The zero-order valence-corrected chi connectivity index (χ0v) is 40.2. The lowest BCUT2D eigenvalue weighted by molar-refractivity contribution is 0.302. The third-order valence-corrected chi connectivity index (χ3v) is 13.7. The topological polar surface area (TPSA) is 193 Å². The predicted molar refractivity (Wildman–Crippen MR) is 282 cm³/mol. The van der Waals surface area contributed by atoms with Gasteiger partial charge in [-0.05, 0) is 59.7 Å². The Morgan fingerprint density at radius 3 is 1.81 bits per heavy atom. The number of H-pyrrole nitrogens is 2. The molecule has 6 heterocycles. The molecular weight excluding hydrogens is 988 g/mol. The first-order valence-electron chi connectivity index (χ1n) is 22.6. The molecule has 0 aliphatic heterocycles. The van der Waals surface area contributed by atoms with Crippen molar-refractivity contribution < 1.29 is 13.9 Å². The quantitative estimate of drug-likeness (QED) is 0.118. The Balaban J connectivity index is 0.793. The van der Waals surface area contributed by atoms with Crippen LogP contribution in [0, 0.1) is 0 Å². The number of hydrogen-bond donors (Lipinski definition) is 2. The molecule has 6 aromatic heterocycles. The van der Waals surface area contributed by atoms with E-state index in [-0.39, 0.29) is 25.0 Å². The molecule has 0 saturated heterocycles. The van der Waals surface area contributed by atoms with Gasteiger partial charge >= 0.3 is 11.4 Å². The van der Waals surface area contributed by atoms with E-state index < -0.39 is 22.5 Å². The van der Waals surface area contributed by atoms with E-state index >= 15 is 0 Å². The van der Waals surface area contributed by atoms with Crippen molar-refractivity contribution in [2.45, 2.75) is 19.6 Å². The van der Waals surface area contributed by atoms with E-state index in [2.05, 4.69) is 19.9 Å². The van der Waals surface area contributed by atoms with Crippen LogP contribution in [0.5, 0.6) is 11.5 Å². The molecule has 0 aliphatic rings. The highest BCUT2D eigenvalue weighted by Crippen LogP contribution is 2.39. The van der Waals surface area contributed by atoms with E-state index in [1.54, 1.807) is 84.5 Å². The van der Waals surface area contributed by atoms with Crippen LogP contribution in [0.4, 0.5) is 0 Å². The molecule has 0 fully saturated rings. The van der Waals surface area contributed by atoms with Crippen LogP contribution in [0.2, 0.25) is 10.0 Å².